The summed E-state index contributed by atoms with van der Waals surface area (Å²) in [6, 6.07) is 10.1. The van der Waals surface area contributed by atoms with Gasteiger partial charge in [-0.3, -0.25) is 0 Å². The predicted molar refractivity (Wildman–Crippen MR) is 85.5 cm³/mol. The van der Waals surface area contributed by atoms with E-state index in [0.29, 0.717) is 12.2 Å². The van der Waals surface area contributed by atoms with Crippen LogP contribution in [0.5, 0.6) is 11.5 Å². The zero-order chi connectivity index (χ0) is 16.8. The molecule has 0 aliphatic carbocycles. The van der Waals surface area contributed by atoms with E-state index in [4.69, 9.17) is 14.6 Å². The quantitative estimate of drug-likeness (QED) is 0.836. The molecule has 0 saturated heterocycles. The molecular weight excluding hydrogens is 299 g/mol. The van der Waals surface area contributed by atoms with Crippen LogP contribution >= 0.6 is 0 Å². The molecule has 0 unspecified atom stereocenters. The van der Waals surface area contributed by atoms with Gasteiger partial charge in [-0.1, -0.05) is 19.1 Å². The van der Waals surface area contributed by atoms with Crippen molar-refractivity contribution in [3.05, 3.63) is 47.8 Å². The number of aliphatic carboxylic acids is 1. The van der Waals surface area contributed by atoms with Crippen LogP contribution in [0.15, 0.2) is 36.4 Å². The van der Waals surface area contributed by atoms with E-state index in [1.54, 1.807) is 6.07 Å². The van der Waals surface area contributed by atoms with Crippen LogP contribution in [0.1, 0.15) is 18.9 Å². The normalized spacial score (nSPS) is 10.4. The lowest BCUT2D eigenvalue weighted by atomic mass is 10.0. The van der Waals surface area contributed by atoms with Crippen molar-refractivity contribution in [3.63, 3.8) is 0 Å². The maximum Gasteiger partial charge on any atom is 0.341 e. The maximum absolute atomic E-state index is 14.0. The predicted octanol–water partition coefficient (Wildman–Crippen LogP) is 4.05. The highest BCUT2D eigenvalue weighted by atomic mass is 19.1. The molecule has 0 radical (unpaired) electrons. The van der Waals surface area contributed by atoms with Gasteiger partial charge in [0.2, 0.25) is 0 Å². The summed E-state index contributed by atoms with van der Waals surface area (Å²) in [5.74, 6) is -0.993. The number of rotatable bonds is 7. The Morgan fingerprint density at radius 2 is 1.74 bits per heavy atom. The van der Waals surface area contributed by atoms with Gasteiger partial charge in [-0.25, -0.2) is 9.18 Å². The van der Waals surface area contributed by atoms with Crippen molar-refractivity contribution in [1.29, 1.82) is 0 Å². The van der Waals surface area contributed by atoms with Crippen molar-refractivity contribution in [3.8, 4) is 22.6 Å². The highest BCUT2D eigenvalue weighted by Crippen LogP contribution is 2.29. The number of carboxylic acid groups (broad SMARTS) is 1. The second kappa shape index (κ2) is 7.63. The lowest BCUT2D eigenvalue weighted by Gasteiger charge is -2.11. The first-order chi connectivity index (χ1) is 11.0. The van der Waals surface area contributed by atoms with Crippen LogP contribution in [-0.2, 0) is 4.79 Å². The second-order valence-electron chi connectivity index (χ2n) is 5.16. The molecular formula is C18H19FO4. The molecule has 0 bridgehead atoms. The Bertz CT molecular complexity index is 697. The molecule has 122 valence electrons. The Morgan fingerprint density at radius 1 is 1.09 bits per heavy atom. The maximum atomic E-state index is 14.0. The largest absolute Gasteiger partial charge is 0.493 e. The number of aryl methyl sites for hydroxylation is 1. The Balaban J connectivity index is 2.20. The monoisotopic (exact) mass is 318 g/mol. The van der Waals surface area contributed by atoms with E-state index in [0.717, 1.165) is 23.3 Å². The van der Waals surface area contributed by atoms with E-state index in [9.17, 15) is 9.18 Å². The summed E-state index contributed by atoms with van der Waals surface area (Å²) in [5.41, 5.74) is 2.52. The highest BCUT2D eigenvalue weighted by molar-refractivity contribution is 5.69. The summed E-state index contributed by atoms with van der Waals surface area (Å²) in [4.78, 5) is 10.5. The van der Waals surface area contributed by atoms with Gasteiger partial charge in [0.1, 0.15) is 5.75 Å². The zero-order valence-corrected chi connectivity index (χ0v) is 13.1. The van der Waals surface area contributed by atoms with Crippen LogP contribution in [0.25, 0.3) is 11.1 Å². The van der Waals surface area contributed by atoms with Crippen molar-refractivity contribution >= 4 is 5.97 Å². The Hall–Kier alpha value is -2.56. The molecule has 2 aromatic rings. The summed E-state index contributed by atoms with van der Waals surface area (Å²) in [6.45, 7) is 4.07. The number of hydrogen-bond donors (Lipinski definition) is 1. The van der Waals surface area contributed by atoms with Gasteiger partial charge in [-0.05, 0) is 54.3 Å². The van der Waals surface area contributed by atoms with Gasteiger partial charge >= 0.3 is 5.97 Å². The van der Waals surface area contributed by atoms with Crippen LogP contribution in [0.4, 0.5) is 4.39 Å². The molecule has 1 N–H and O–H groups in total. The third kappa shape index (κ3) is 4.45. The SMILES string of the molecule is CCCOc1ccc(-c2ccc(OCC(=O)O)c(F)c2)cc1C. The number of hydrogen-bond acceptors (Lipinski definition) is 3. The summed E-state index contributed by atoms with van der Waals surface area (Å²) < 4.78 is 24.5. The minimum atomic E-state index is -1.15. The fourth-order valence-electron chi connectivity index (χ4n) is 2.14. The minimum Gasteiger partial charge on any atom is -0.493 e. The van der Waals surface area contributed by atoms with Gasteiger partial charge in [0.15, 0.2) is 18.2 Å². The second-order valence-corrected chi connectivity index (χ2v) is 5.16. The number of carboxylic acids is 1. The van der Waals surface area contributed by atoms with Crippen molar-refractivity contribution in [1.82, 2.24) is 0 Å². The fraction of sp³-hybridized carbons (Fsp3) is 0.278. The van der Waals surface area contributed by atoms with Gasteiger partial charge in [-0.2, -0.15) is 0 Å². The molecule has 2 rings (SSSR count). The Labute approximate surface area is 134 Å². The first-order valence-electron chi connectivity index (χ1n) is 7.39. The molecule has 0 amide bonds. The van der Waals surface area contributed by atoms with Gasteiger partial charge < -0.3 is 14.6 Å². The summed E-state index contributed by atoms with van der Waals surface area (Å²) in [6.07, 6.45) is 0.935. The number of benzene rings is 2. The fourth-order valence-corrected chi connectivity index (χ4v) is 2.14. The Morgan fingerprint density at radius 3 is 2.30 bits per heavy atom. The van der Waals surface area contributed by atoms with E-state index >= 15 is 0 Å². The average Bonchev–Trinajstić information content (AvgIpc) is 2.52. The van der Waals surface area contributed by atoms with Crippen LogP contribution in [0, 0.1) is 12.7 Å². The molecule has 0 aliphatic rings. The third-order valence-electron chi connectivity index (χ3n) is 3.25. The molecule has 23 heavy (non-hydrogen) atoms. The van der Waals surface area contributed by atoms with E-state index in [-0.39, 0.29) is 5.75 Å². The standard InChI is InChI=1S/C18H19FO4/c1-3-8-22-16-6-4-13(9-12(16)2)14-5-7-17(15(19)10-14)23-11-18(20)21/h4-7,9-10H,3,8,11H2,1-2H3,(H,20,21). The van der Waals surface area contributed by atoms with Gasteiger partial charge in [0, 0.05) is 0 Å². The van der Waals surface area contributed by atoms with Crippen LogP contribution in [0.3, 0.4) is 0 Å². The smallest absolute Gasteiger partial charge is 0.341 e. The number of halogens is 1. The average molecular weight is 318 g/mol. The lowest BCUT2D eigenvalue weighted by Crippen LogP contribution is -2.10. The molecule has 5 heteroatoms. The molecule has 0 heterocycles. The van der Waals surface area contributed by atoms with E-state index in [1.165, 1.54) is 12.1 Å². The molecule has 0 aromatic heterocycles. The molecule has 0 fully saturated rings. The Kier molecular flexibility index (Phi) is 5.57. The number of carbonyl (C=O) groups is 1. The lowest BCUT2D eigenvalue weighted by molar-refractivity contribution is -0.139. The van der Waals surface area contributed by atoms with Gasteiger partial charge in [-0.15, -0.1) is 0 Å². The zero-order valence-electron chi connectivity index (χ0n) is 13.1. The molecule has 2 aromatic carbocycles. The highest BCUT2D eigenvalue weighted by Gasteiger charge is 2.09. The van der Waals surface area contributed by atoms with E-state index in [1.807, 2.05) is 32.0 Å². The van der Waals surface area contributed by atoms with Gasteiger partial charge in [0.05, 0.1) is 6.61 Å². The molecule has 4 nitrogen and oxygen atoms in total. The van der Waals surface area contributed by atoms with Crippen molar-refractivity contribution in [2.75, 3.05) is 13.2 Å². The first kappa shape index (κ1) is 16.8. The third-order valence-corrected chi connectivity index (χ3v) is 3.25. The minimum absolute atomic E-state index is 0.0734. The van der Waals surface area contributed by atoms with Gasteiger partial charge in [0.25, 0.3) is 0 Å². The van der Waals surface area contributed by atoms with Crippen molar-refractivity contribution < 1.29 is 23.8 Å². The molecule has 0 aliphatic heterocycles. The van der Waals surface area contributed by atoms with Crippen LogP contribution in [-0.4, -0.2) is 24.3 Å². The van der Waals surface area contributed by atoms with Crippen LogP contribution in [0.2, 0.25) is 0 Å². The van der Waals surface area contributed by atoms with Crippen molar-refractivity contribution in [2.45, 2.75) is 20.3 Å². The number of ether oxygens (including phenoxy) is 2. The van der Waals surface area contributed by atoms with E-state index in [2.05, 4.69) is 0 Å². The summed E-state index contributed by atoms with van der Waals surface area (Å²) >= 11 is 0. The molecule has 0 saturated carbocycles. The van der Waals surface area contributed by atoms with Crippen molar-refractivity contribution in [2.24, 2.45) is 0 Å². The summed E-state index contributed by atoms with van der Waals surface area (Å²) in [7, 11) is 0. The topological polar surface area (TPSA) is 55.8 Å². The van der Waals surface area contributed by atoms with Crippen LogP contribution < -0.4 is 9.47 Å². The molecule has 0 atom stereocenters. The van der Waals surface area contributed by atoms with E-state index < -0.39 is 18.4 Å². The first-order valence-corrected chi connectivity index (χ1v) is 7.39. The molecule has 0 spiro atoms. The summed E-state index contributed by atoms with van der Waals surface area (Å²) in [5, 5.41) is 8.56.